The molecule has 0 fully saturated rings. The Labute approximate surface area is 111 Å². The Hall–Kier alpha value is -1.61. The van der Waals surface area contributed by atoms with E-state index in [9.17, 15) is 4.79 Å². The maximum atomic E-state index is 11.2. The van der Waals surface area contributed by atoms with Gasteiger partial charge in [0, 0.05) is 29.7 Å². The van der Waals surface area contributed by atoms with Crippen LogP contribution in [0.1, 0.15) is 35.9 Å². The van der Waals surface area contributed by atoms with Crippen molar-refractivity contribution < 1.29 is 4.79 Å². The Morgan fingerprint density at radius 2 is 2.17 bits per heavy atom. The minimum absolute atomic E-state index is 0.228. The van der Waals surface area contributed by atoms with Crippen LogP contribution in [-0.4, -0.2) is 15.8 Å². The zero-order valence-corrected chi connectivity index (χ0v) is 11.4. The highest BCUT2D eigenvalue weighted by molar-refractivity contribution is 6.35. The van der Waals surface area contributed by atoms with Crippen LogP contribution in [0.4, 0.5) is 0 Å². The van der Waals surface area contributed by atoms with E-state index in [1.165, 1.54) is 0 Å². The molecule has 0 radical (unpaired) electrons. The fourth-order valence-electron chi connectivity index (χ4n) is 2.24. The quantitative estimate of drug-likeness (QED) is 0.786. The molecule has 0 aliphatic rings. The van der Waals surface area contributed by atoms with E-state index < -0.39 is 0 Å². The average Bonchev–Trinajstić information content (AvgIpc) is 2.61. The van der Waals surface area contributed by atoms with E-state index in [-0.39, 0.29) is 6.04 Å². The molecule has 0 unspecified atom stereocenters. The predicted octanol–water partition coefficient (Wildman–Crippen LogP) is 3.91. The number of aldehydes is 1. The first kappa shape index (κ1) is 12.8. The van der Waals surface area contributed by atoms with E-state index in [2.05, 4.69) is 23.4 Å². The summed E-state index contributed by atoms with van der Waals surface area (Å²) in [7, 11) is 0. The van der Waals surface area contributed by atoms with Gasteiger partial charge in [0.15, 0.2) is 6.29 Å². The number of hydrogen-bond acceptors (Lipinski definition) is 2. The molecule has 4 heteroatoms. The Bertz CT molecular complexity index is 573. The van der Waals surface area contributed by atoms with Gasteiger partial charge in [-0.15, -0.1) is 0 Å². The summed E-state index contributed by atoms with van der Waals surface area (Å²) in [5, 5.41) is 0.504. The van der Waals surface area contributed by atoms with Crippen LogP contribution >= 0.6 is 11.6 Å². The summed E-state index contributed by atoms with van der Waals surface area (Å²) in [6, 6.07) is 4.03. The van der Waals surface area contributed by atoms with Crippen LogP contribution in [0.5, 0.6) is 0 Å². The van der Waals surface area contributed by atoms with Gasteiger partial charge in [-0.3, -0.25) is 9.78 Å². The average molecular weight is 263 g/mol. The molecule has 0 bridgehead atoms. The number of rotatable bonds is 3. The molecule has 2 rings (SSSR count). The monoisotopic (exact) mass is 262 g/mol. The number of halogens is 1. The number of pyridine rings is 1. The molecule has 0 amide bonds. The lowest BCUT2D eigenvalue weighted by Gasteiger charge is -2.15. The summed E-state index contributed by atoms with van der Waals surface area (Å²) < 4.78 is 2.07. The molecule has 0 N–H and O–H groups in total. The first-order valence-electron chi connectivity index (χ1n) is 5.83. The third-order valence-electron chi connectivity index (χ3n) is 3.01. The number of hydrogen-bond donors (Lipinski definition) is 0. The number of aromatic nitrogens is 2. The van der Waals surface area contributed by atoms with Gasteiger partial charge < -0.3 is 4.57 Å². The van der Waals surface area contributed by atoms with Crippen LogP contribution < -0.4 is 0 Å². The van der Waals surface area contributed by atoms with E-state index in [0.29, 0.717) is 10.6 Å². The largest absolute Gasteiger partial charge is 0.340 e. The van der Waals surface area contributed by atoms with Gasteiger partial charge in [0.1, 0.15) is 0 Å². The molecule has 0 atom stereocenters. The summed E-state index contributed by atoms with van der Waals surface area (Å²) in [5.74, 6) is 0. The molecule has 2 aromatic heterocycles. The summed E-state index contributed by atoms with van der Waals surface area (Å²) in [6.45, 7) is 6.05. The lowest BCUT2D eigenvalue weighted by molar-refractivity contribution is 0.112. The van der Waals surface area contributed by atoms with E-state index in [1.807, 2.05) is 19.1 Å². The van der Waals surface area contributed by atoms with Gasteiger partial charge in [-0.05, 0) is 32.9 Å². The van der Waals surface area contributed by atoms with Crippen LogP contribution in [0.2, 0.25) is 5.02 Å². The lowest BCUT2D eigenvalue weighted by Crippen LogP contribution is -2.05. The van der Waals surface area contributed by atoms with E-state index >= 15 is 0 Å². The third-order valence-corrected chi connectivity index (χ3v) is 3.39. The number of nitrogens with zero attached hydrogens (tertiary/aromatic N) is 2. The van der Waals surface area contributed by atoms with Crippen LogP contribution in [0.25, 0.3) is 11.3 Å². The van der Waals surface area contributed by atoms with Crippen molar-refractivity contribution in [2.45, 2.75) is 26.8 Å². The minimum Gasteiger partial charge on any atom is -0.340 e. The van der Waals surface area contributed by atoms with Gasteiger partial charge in [-0.25, -0.2) is 0 Å². The third kappa shape index (κ3) is 1.95. The van der Waals surface area contributed by atoms with Crippen molar-refractivity contribution in [1.29, 1.82) is 0 Å². The van der Waals surface area contributed by atoms with E-state index in [1.54, 1.807) is 12.4 Å². The molecule has 0 aliphatic carbocycles. The highest BCUT2D eigenvalue weighted by atomic mass is 35.5. The molecule has 0 saturated heterocycles. The highest BCUT2D eigenvalue weighted by Gasteiger charge is 2.21. The molecule has 94 valence electrons. The van der Waals surface area contributed by atoms with Gasteiger partial charge >= 0.3 is 0 Å². The van der Waals surface area contributed by atoms with E-state index in [4.69, 9.17) is 11.6 Å². The molecular weight excluding hydrogens is 248 g/mol. The molecule has 0 aliphatic heterocycles. The van der Waals surface area contributed by atoms with Crippen molar-refractivity contribution in [3.63, 3.8) is 0 Å². The topological polar surface area (TPSA) is 34.9 Å². The second-order valence-corrected chi connectivity index (χ2v) is 4.86. The van der Waals surface area contributed by atoms with Crippen molar-refractivity contribution in [2.75, 3.05) is 0 Å². The first-order chi connectivity index (χ1) is 8.57. The molecule has 0 spiro atoms. The second-order valence-electron chi connectivity index (χ2n) is 4.48. The fourth-order valence-corrected chi connectivity index (χ4v) is 2.62. The molecular formula is C14H15ClN2O. The van der Waals surface area contributed by atoms with Gasteiger partial charge in [-0.2, -0.15) is 0 Å². The van der Waals surface area contributed by atoms with Gasteiger partial charge in [-0.1, -0.05) is 11.6 Å². The number of carbonyl (C=O) groups is 1. The van der Waals surface area contributed by atoms with Crippen molar-refractivity contribution in [2.24, 2.45) is 0 Å². The summed E-state index contributed by atoms with van der Waals surface area (Å²) >= 11 is 6.33. The van der Waals surface area contributed by atoms with Crippen LogP contribution in [0, 0.1) is 6.92 Å². The lowest BCUT2D eigenvalue weighted by atomic mass is 10.2. The van der Waals surface area contributed by atoms with Crippen LogP contribution in [0.15, 0.2) is 24.5 Å². The van der Waals surface area contributed by atoms with Gasteiger partial charge in [0.25, 0.3) is 0 Å². The van der Waals surface area contributed by atoms with Crippen molar-refractivity contribution in [1.82, 2.24) is 9.55 Å². The minimum atomic E-state index is 0.228. The molecule has 3 nitrogen and oxygen atoms in total. The smallest absolute Gasteiger partial charge is 0.153 e. The highest BCUT2D eigenvalue weighted by Crippen LogP contribution is 2.36. The summed E-state index contributed by atoms with van der Waals surface area (Å²) in [6.07, 6.45) is 4.29. The van der Waals surface area contributed by atoms with Gasteiger partial charge in [0.2, 0.25) is 0 Å². The molecule has 18 heavy (non-hydrogen) atoms. The molecule has 0 aromatic carbocycles. The maximum Gasteiger partial charge on any atom is 0.153 e. The zero-order valence-electron chi connectivity index (χ0n) is 10.6. The van der Waals surface area contributed by atoms with Crippen molar-refractivity contribution in [3.05, 3.63) is 40.8 Å². The van der Waals surface area contributed by atoms with Crippen molar-refractivity contribution in [3.8, 4) is 11.3 Å². The Morgan fingerprint density at radius 3 is 2.67 bits per heavy atom. The Morgan fingerprint density at radius 1 is 1.44 bits per heavy atom. The number of carbonyl (C=O) groups excluding carboxylic acids is 1. The second kappa shape index (κ2) is 4.94. The normalized spacial score (nSPS) is 10.9. The predicted molar refractivity (Wildman–Crippen MR) is 73.2 cm³/mol. The molecule has 2 aromatic rings. The Balaban J connectivity index is 2.77. The Kier molecular flexibility index (Phi) is 3.53. The summed E-state index contributed by atoms with van der Waals surface area (Å²) in [5.41, 5.74) is 3.24. The fraction of sp³-hybridized carbons (Fsp3) is 0.286. The molecule has 0 saturated carbocycles. The zero-order chi connectivity index (χ0) is 13.3. The maximum absolute atomic E-state index is 11.2. The van der Waals surface area contributed by atoms with Gasteiger partial charge in [0.05, 0.1) is 16.3 Å². The SMILES string of the molecule is Cc1c(C=O)c(Cl)c(-c2cccnc2)n1C(C)C. The summed E-state index contributed by atoms with van der Waals surface area (Å²) in [4.78, 5) is 15.3. The van der Waals surface area contributed by atoms with Crippen LogP contribution in [-0.2, 0) is 0 Å². The van der Waals surface area contributed by atoms with Crippen LogP contribution in [0.3, 0.4) is 0 Å². The van der Waals surface area contributed by atoms with E-state index in [0.717, 1.165) is 23.2 Å². The standard InChI is InChI=1S/C14H15ClN2O/c1-9(2)17-10(3)12(8-18)13(15)14(17)11-5-4-6-16-7-11/h4-9H,1-3H3. The van der Waals surface area contributed by atoms with Crippen molar-refractivity contribution >= 4 is 17.9 Å². The first-order valence-corrected chi connectivity index (χ1v) is 6.21. The molecule has 2 heterocycles.